The summed E-state index contributed by atoms with van der Waals surface area (Å²) in [5.41, 5.74) is 1.60. The van der Waals surface area contributed by atoms with Gasteiger partial charge in [-0.15, -0.1) is 0 Å². The van der Waals surface area contributed by atoms with Crippen LogP contribution in [0.25, 0.3) is 10.9 Å². The predicted octanol–water partition coefficient (Wildman–Crippen LogP) is 3.28. The van der Waals surface area contributed by atoms with E-state index in [1.807, 2.05) is 18.2 Å². The van der Waals surface area contributed by atoms with Gasteiger partial charge in [0.2, 0.25) is 0 Å². The van der Waals surface area contributed by atoms with Gasteiger partial charge >= 0.3 is 0 Å². The zero-order chi connectivity index (χ0) is 16.8. The van der Waals surface area contributed by atoms with Crippen LogP contribution in [0.5, 0.6) is 5.75 Å². The van der Waals surface area contributed by atoms with Crippen molar-refractivity contribution in [1.82, 2.24) is 4.57 Å². The molecular weight excluding hydrogens is 372 g/mol. The van der Waals surface area contributed by atoms with E-state index in [0.717, 1.165) is 22.0 Å². The normalized spacial score (nSPS) is 12.5. The molecule has 0 spiro atoms. The van der Waals surface area contributed by atoms with Crippen LogP contribution in [0, 0.1) is 0 Å². The third-order valence-electron chi connectivity index (χ3n) is 4.25. The molecule has 2 N–H and O–H groups in total. The van der Waals surface area contributed by atoms with E-state index in [2.05, 4.69) is 21.2 Å². The van der Waals surface area contributed by atoms with Crippen LogP contribution in [0.4, 0.5) is 5.69 Å². The summed E-state index contributed by atoms with van der Waals surface area (Å²) in [6, 6.07) is 12.5. The molecule has 3 aromatic rings. The van der Waals surface area contributed by atoms with E-state index >= 15 is 0 Å². The Labute approximate surface area is 145 Å². The number of hydrogen-bond acceptors (Lipinski definition) is 3. The second-order valence-electron chi connectivity index (χ2n) is 5.71. The minimum atomic E-state index is -0.612. The number of hydrogen-bond donors (Lipinski definition) is 2. The molecule has 5 nitrogen and oxygen atoms in total. The van der Waals surface area contributed by atoms with Crippen molar-refractivity contribution in [2.75, 3.05) is 5.32 Å². The number of benzene rings is 2. The van der Waals surface area contributed by atoms with Gasteiger partial charge in [-0.25, -0.2) is 0 Å². The highest BCUT2D eigenvalue weighted by molar-refractivity contribution is 9.10. The Hall–Kier alpha value is -2.60. The number of para-hydroxylation sites is 1. The fourth-order valence-corrected chi connectivity index (χ4v) is 3.58. The molecule has 0 saturated carbocycles. The SMILES string of the molecule is O=C(Nc1cccc(Br)c1)c1c(O)c2cccc3c2n(c1=O)CC3. The first-order valence-corrected chi connectivity index (χ1v) is 8.30. The number of carbonyl (C=O) groups is 1. The van der Waals surface area contributed by atoms with Crippen molar-refractivity contribution in [2.45, 2.75) is 13.0 Å². The van der Waals surface area contributed by atoms with E-state index < -0.39 is 11.5 Å². The molecule has 1 aliphatic heterocycles. The van der Waals surface area contributed by atoms with E-state index in [9.17, 15) is 14.7 Å². The first-order chi connectivity index (χ1) is 11.6. The number of amides is 1. The Morgan fingerprint density at radius 3 is 2.79 bits per heavy atom. The standard InChI is InChI=1S/C18H13BrN2O3/c19-11-4-2-5-12(9-11)20-17(23)14-16(22)13-6-1-3-10-7-8-21(15(10)13)18(14)24/h1-6,9,22H,7-8H2,(H,20,23). The van der Waals surface area contributed by atoms with Gasteiger partial charge in [0.15, 0.2) is 0 Å². The zero-order valence-corrected chi connectivity index (χ0v) is 14.1. The molecule has 120 valence electrons. The summed E-state index contributed by atoms with van der Waals surface area (Å²) in [7, 11) is 0. The van der Waals surface area contributed by atoms with Crippen molar-refractivity contribution in [3.8, 4) is 5.75 Å². The minimum absolute atomic E-state index is 0.221. The van der Waals surface area contributed by atoms with E-state index in [0.29, 0.717) is 17.6 Å². The van der Waals surface area contributed by atoms with Gasteiger partial charge in [0, 0.05) is 22.1 Å². The summed E-state index contributed by atoms with van der Waals surface area (Å²) in [5.74, 6) is -0.874. The monoisotopic (exact) mass is 384 g/mol. The van der Waals surface area contributed by atoms with Gasteiger partial charge in [-0.2, -0.15) is 0 Å². The number of aryl methyl sites for hydroxylation is 2. The maximum atomic E-state index is 12.7. The van der Waals surface area contributed by atoms with Crippen LogP contribution < -0.4 is 10.9 Å². The van der Waals surface area contributed by atoms with E-state index in [-0.39, 0.29) is 11.3 Å². The minimum Gasteiger partial charge on any atom is -0.506 e. The van der Waals surface area contributed by atoms with Crippen LogP contribution in [0.3, 0.4) is 0 Å². The van der Waals surface area contributed by atoms with E-state index in [1.165, 1.54) is 0 Å². The largest absolute Gasteiger partial charge is 0.506 e. The maximum Gasteiger partial charge on any atom is 0.267 e. The number of aromatic nitrogens is 1. The number of halogens is 1. The molecule has 0 aliphatic carbocycles. The van der Waals surface area contributed by atoms with Crippen LogP contribution in [0.2, 0.25) is 0 Å². The van der Waals surface area contributed by atoms with Crippen LogP contribution in [-0.4, -0.2) is 15.6 Å². The number of nitrogens with zero attached hydrogens (tertiary/aromatic N) is 1. The van der Waals surface area contributed by atoms with E-state index in [1.54, 1.807) is 28.8 Å². The molecule has 0 saturated heterocycles. The number of carbonyl (C=O) groups excluding carboxylic acids is 1. The van der Waals surface area contributed by atoms with Crippen molar-refractivity contribution >= 4 is 38.4 Å². The fraction of sp³-hybridized carbons (Fsp3) is 0.111. The van der Waals surface area contributed by atoms with E-state index in [4.69, 9.17) is 0 Å². The van der Waals surface area contributed by atoms with Crippen LogP contribution in [0.1, 0.15) is 15.9 Å². The molecule has 6 heteroatoms. The molecule has 2 heterocycles. The second kappa shape index (κ2) is 5.49. The van der Waals surface area contributed by atoms with Gasteiger partial charge in [-0.3, -0.25) is 9.59 Å². The first-order valence-electron chi connectivity index (χ1n) is 7.50. The first kappa shape index (κ1) is 15.0. The molecule has 0 bridgehead atoms. The molecular formula is C18H13BrN2O3. The summed E-state index contributed by atoms with van der Waals surface area (Å²) >= 11 is 3.33. The third kappa shape index (κ3) is 2.22. The van der Waals surface area contributed by atoms with Crippen molar-refractivity contribution in [2.24, 2.45) is 0 Å². The zero-order valence-electron chi connectivity index (χ0n) is 12.5. The Balaban J connectivity index is 1.86. The Kier molecular flexibility index (Phi) is 3.42. The van der Waals surface area contributed by atoms with Gasteiger partial charge in [0.25, 0.3) is 11.5 Å². The second-order valence-corrected chi connectivity index (χ2v) is 6.62. The lowest BCUT2D eigenvalue weighted by atomic mass is 10.1. The molecule has 24 heavy (non-hydrogen) atoms. The molecule has 0 radical (unpaired) electrons. The van der Waals surface area contributed by atoms with Crippen molar-refractivity contribution < 1.29 is 9.90 Å². The average Bonchev–Trinajstić information content (AvgIpc) is 2.98. The third-order valence-corrected chi connectivity index (χ3v) is 4.75. The Bertz CT molecular complexity index is 1060. The number of nitrogens with one attached hydrogen (secondary N) is 1. The summed E-state index contributed by atoms with van der Waals surface area (Å²) in [5, 5.41) is 13.7. The fourth-order valence-electron chi connectivity index (χ4n) is 3.19. The van der Waals surface area contributed by atoms with Crippen molar-refractivity contribution in [3.63, 3.8) is 0 Å². The number of pyridine rings is 1. The van der Waals surface area contributed by atoms with Crippen molar-refractivity contribution in [1.29, 1.82) is 0 Å². The van der Waals surface area contributed by atoms with Gasteiger partial charge < -0.3 is 15.0 Å². The molecule has 1 aliphatic rings. The number of aromatic hydroxyl groups is 1. The van der Waals surface area contributed by atoms with Crippen LogP contribution in [0.15, 0.2) is 51.7 Å². The Morgan fingerprint density at radius 2 is 2.00 bits per heavy atom. The molecule has 0 fully saturated rings. The highest BCUT2D eigenvalue weighted by Gasteiger charge is 2.26. The average molecular weight is 385 g/mol. The molecule has 1 amide bonds. The summed E-state index contributed by atoms with van der Waals surface area (Å²) < 4.78 is 2.38. The Morgan fingerprint density at radius 1 is 1.21 bits per heavy atom. The summed E-state index contributed by atoms with van der Waals surface area (Å²) in [6.07, 6.45) is 0.725. The van der Waals surface area contributed by atoms with Gasteiger partial charge in [-0.05, 0) is 36.2 Å². The number of rotatable bonds is 2. The summed E-state index contributed by atoms with van der Waals surface area (Å²) in [6.45, 7) is 0.520. The van der Waals surface area contributed by atoms with Gasteiger partial charge in [0.05, 0.1) is 5.52 Å². The number of anilines is 1. The highest BCUT2D eigenvalue weighted by Crippen LogP contribution is 2.32. The smallest absolute Gasteiger partial charge is 0.267 e. The lowest BCUT2D eigenvalue weighted by Crippen LogP contribution is -2.28. The quantitative estimate of drug-likeness (QED) is 0.711. The lowest BCUT2D eigenvalue weighted by Gasteiger charge is -2.11. The predicted molar refractivity (Wildman–Crippen MR) is 95.7 cm³/mol. The molecule has 2 aromatic carbocycles. The van der Waals surface area contributed by atoms with Crippen molar-refractivity contribution in [3.05, 3.63) is 68.4 Å². The van der Waals surface area contributed by atoms with Gasteiger partial charge in [0.1, 0.15) is 11.3 Å². The lowest BCUT2D eigenvalue weighted by molar-refractivity contribution is 0.102. The van der Waals surface area contributed by atoms with Crippen LogP contribution >= 0.6 is 15.9 Å². The molecule has 4 rings (SSSR count). The maximum absolute atomic E-state index is 12.7. The highest BCUT2D eigenvalue weighted by atomic mass is 79.9. The molecule has 0 atom stereocenters. The molecule has 0 unspecified atom stereocenters. The summed E-state index contributed by atoms with van der Waals surface area (Å²) in [4.78, 5) is 25.3. The van der Waals surface area contributed by atoms with Crippen LogP contribution in [-0.2, 0) is 13.0 Å². The van der Waals surface area contributed by atoms with Gasteiger partial charge in [-0.1, -0.05) is 34.1 Å². The topological polar surface area (TPSA) is 71.3 Å². The molecule has 1 aromatic heterocycles.